The molecular weight excluding hydrogens is 202 g/mol. The Kier molecular flexibility index (Phi) is 6.61. The zero-order valence-corrected chi connectivity index (χ0v) is 9.91. The highest BCUT2D eigenvalue weighted by molar-refractivity contribution is 5.27. The Morgan fingerprint density at radius 3 is 2.50 bits per heavy atom. The minimum Gasteiger partial charge on any atom is -0.494 e. The van der Waals surface area contributed by atoms with Crippen molar-refractivity contribution in [1.29, 1.82) is 0 Å². The zero-order valence-electron chi connectivity index (χ0n) is 9.91. The molecule has 3 heteroatoms. The number of hydroxylamine groups is 1. The fourth-order valence-electron chi connectivity index (χ4n) is 1.51. The Morgan fingerprint density at radius 1 is 1.12 bits per heavy atom. The van der Waals surface area contributed by atoms with E-state index >= 15 is 0 Å². The highest BCUT2D eigenvalue weighted by Crippen LogP contribution is 2.12. The summed E-state index contributed by atoms with van der Waals surface area (Å²) in [6.07, 6.45) is 4.89. The average molecular weight is 223 g/mol. The van der Waals surface area contributed by atoms with Crippen molar-refractivity contribution in [2.45, 2.75) is 39.2 Å². The molecule has 0 saturated carbocycles. The van der Waals surface area contributed by atoms with Crippen LogP contribution in [0.1, 0.15) is 38.2 Å². The number of hydrogen-bond acceptors (Lipinski definition) is 3. The summed E-state index contributed by atoms with van der Waals surface area (Å²) in [6.45, 7) is 3.46. The van der Waals surface area contributed by atoms with E-state index in [1.807, 2.05) is 24.3 Å². The van der Waals surface area contributed by atoms with Crippen LogP contribution in [0.4, 0.5) is 0 Å². The minimum absolute atomic E-state index is 0.469. The maximum atomic E-state index is 8.53. The zero-order chi connectivity index (χ0) is 11.6. The van der Waals surface area contributed by atoms with Gasteiger partial charge in [-0.2, -0.15) is 0 Å². The summed E-state index contributed by atoms with van der Waals surface area (Å²) in [7, 11) is 0. The molecule has 1 rings (SSSR count). The van der Waals surface area contributed by atoms with Crippen LogP contribution in [0, 0.1) is 0 Å². The van der Waals surface area contributed by atoms with E-state index in [0.29, 0.717) is 6.54 Å². The van der Waals surface area contributed by atoms with Gasteiger partial charge in [0.15, 0.2) is 0 Å². The van der Waals surface area contributed by atoms with E-state index in [9.17, 15) is 0 Å². The van der Waals surface area contributed by atoms with Gasteiger partial charge >= 0.3 is 0 Å². The second-order valence-electron chi connectivity index (χ2n) is 3.89. The summed E-state index contributed by atoms with van der Waals surface area (Å²) in [5, 5.41) is 8.53. The topological polar surface area (TPSA) is 41.5 Å². The van der Waals surface area contributed by atoms with Crippen LogP contribution in [0.5, 0.6) is 5.75 Å². The molecule has 0 amide bonds. The molecule has 0 radical (unpaired) electrons. The molecule has 0 aliphatic rings. The number of unbranched alkanes of at least 4 members (excludes halogenated alkanes) is 3. The fraction of sp³-hybridized carbons (Fsp3) is 0.538. The van der Waals surface area contributed by atoms with Crippen molar-refractivity contribution in [2.75, 3.05) is 6.61 Å². The molecule has 0 spiro atoms. The Labute approximate surface area is 97.4 Å². The summed E-state index contributed by atoms with van der Waals surface area (Å²) < 4.78 is 5.60. The lowest BCUT2D eigenvalue weighted by atomic mass is 10.2. The quantitative estimate of drug-likeness (QED) is 0.525. The van der Waals surface area contributed by atoms with Crippen molar-refractivity contribution in [3.8, 4) is 5.75 Å². The summed E-state index contributed by atoms with van der Waals surface area (Å²) in [5.74, 6) is 0.901. The number of hydrogen-bond donors (Lipinski definition) is 2. The molecule has 0 atom stereocenters. The highest BCUT2D eigenvalue weighted by atomic mass is 16.5. The third-order valence-electron chi connectivity index (χ3n) is 2.47. The average Bonchev–Trinajstić information content (AvgIpc) is 2.31. The van der Waals surface area contributed by atoms with Gasteiger partial charge in [-0.05, 0) is 24.1 Å². The first-order valence-corrected chi connectivity index (χ1v) is 5.95. The monoisotopic (exact) mass is 223 g/mol. The van der Waals surface area contributed by atoms with Crippen LogP contribution in [-0.4, -0.2) is 11.8 Å². The standard InChI is InChI=1S/C13H21NO2/c1-2-3-4-5-10-16-13-8-6-12(7-9-13)11-14-15/h6-9,14-15H,2-5,10-11H2,1H3. The first-order valence-electron chi connectivity index (χ1n) is 5.95. The lowest BCUT2D eigenvalue weighted by Crippen LogP contribution is -2.05. The van der Waals surface area contributed by atoms with Gasteiger partial charge in [-0.1, -0.05) is 38.3 Å². The molecular formula is C13H21NO2. The first-order chi connectivity index (χ1) is 7.86. The van der Waals surface area contributed by atoms with Gasteiger partial charge in [-0.3, -0.25) is 0 Å². The minimum atomic E-state index is 0.469. The Bertz CT molecular complexity index is 272. The van der Waals surface area contributed by atoms with Crippen molar-refractivity contribution in [3.05, 3.63) is 29.8 Å². The fourth-order valence-corrected chi connectivity index (χ4v) is 1.51. The van der Waals surface area contributed by atoms with Crippen LogP contribution in [0.3, 0.4) is 0 Å². The van der Waals surface area contributed by atoms with Crippen LogP contribution in [0.25, 0.3) is 0 Å². The molecule has 0 fully saturated rings. The van der Waals surface area contributed by atoms with E-state index in [0.717, 1.165) is 24.3 Å². The van der Waals surface area contributed by atoms with E-state index in [-0.39, 0.29) is 0 Å². The summed E-state index contributed by atoms with van der Waals surface area (Å²) >= 11 is 0. The van der Waals surface area contributed by atoms with Crippen LogP contribution in [-0.2, 0) is 6.54 Å². The Hall–Kier alpha value is -1.06. The van der Waals surface area contributed by atoms with Crippen molar-refractivity contribution >= 4 is 0 Å². The van der Waals surface area contributed by atoms with Crippen LogP contribution in [0.2, 0.25) is 0 Å². The van der Waals surface area contributed by atoms with E-state index in [2.05, 4.69) is 12.4 Å². The SMILES string of the molecule is CCCCCCOc1ccc(CNO)cc1. The Morgan fingerprint density at radius 2 is 1.88 bits per heavy atom. The van der Waals surface area contributed by atoms with E-state index in [1.54, 1.807) is 0 Å². The second kappa shape index (κ2) is 8.13. The molecule has 0 aliphatic carbocycles. The third-order valence-corrected chi connectivity index (χ3v) is 2.47. The Balaban J connectivity index is 2.21. The molecule has 1 aromatic carbocycles. The third kappa shape index (κ3) is 5.14. The predicted molar refractivity (Wildman–Crippen MR) is 64.7 cm³/mol. The summed E-state index contributed by atoms with van der Waals surface area (Å²) in [4.78, 5) is 0. The lowest BCUT2D eigenvalue weighted by molar-refractivity contribution is 0.161. The number of rotatable bonds is 8. The largest absolute Gasteiger partial charge is 0.494 e. The van der Waals surface area contributed by atoms with Gasteiger partial charge in [-0.15, -0.1) is 0 Å². The number of benzene rings is 1. The molecule has 90 valence electrons. The smallest absolute Gasteiger partial charge is 0.119 e. The van der Waals surface area contributed by atoms with Crippen molar-refractivity contribution < 1.29 is 9.94 Å². The molecule has 0 heterocycles. The maximum absolute atomic E-state index is 8.53. The molecule has 3 nitrogen and oxygen atoms in total. The van der Waals surface area contributed by atoms with Gasteiger partial charge in [0, 0.05) is 6.54 Å². The van der Waals surface area contributed by atoms with Crippen LogP contribution in [0.15, 0.2) is 24.3 Å². The molecule has 0 unspecified atom stereocenters. The van der Waals surface area contributed by atoms with Gasteiger partial charge in [-0.25, -0.2) is 5.48 Å². The molecule has 0 bridgehead atoms. The van der Waals surface area contributed by atoms with Gasteiger partial charge in [0.1, 0.15) is 5.75 Å². The molecule has 0 aliphatic heterocycles. The second-order valence-corrected chi connectivity index (χ2v) is 3.89. The first kappa shape index (κ1) is 13.0. The van der Waals surface area contributed by atoms with Gasteiger partial charge in [0.05, 0.1) is 6.61 Å². The highest BCUT2D eigenvalue weighted by Gasteiger charge is 1.95. The van der Waals surface area contributed by atoms with Gasteiger partial charge in [0.25, 0.3) is 0 Å². The number of ether oxygens (including phenoxy) is 1. The van der Waals surface area contributed by atoms with Crippen molar-refractivity contribution in [1.82, 2.24) is 5.48 Å². The predicted octanol–water partition coefficient (Wildman–Crippen LogP) is 3.12. The van der Waals surface area contributed by atoms with Gasteiger partial charge in [0.2, 0.25) is 0 Å². The van der Waals surface area contributed by atoms with Crippen molar-refractivity contribution in [3.63, 3.8) is 0 Å². The van der Waals surface area contributed by atoms with E-state index < -0.39 is 0 Å². The number of nitrogens with one attached hydrogen (secondary N) is 1. The molecule has 0 aromatic heterocycles. The lowest BCUT2D eigenvalue weighted by Gasteiger charge is -2.06. The van der Waals surface area contributed by atoms with Crippen LogP contribution >= 0.6 is 0 Å². The van der Waals surface area contributed by atoms with E-state index in [4.69, 9.17) is 9.94 Å². The molecule has 0 saturated heterocycles. The molecule has 16 heavy (non-hydrogen) atoms. The van der Waals surface area contributed by atoms with Crippen LogP contribution < -0.4 is 10.2 Å². The summed E-state index contributed by atoms with van der Waals surface area (Å²) in [5.41, 5.74) is 3.17. The van der Waals surface area contributed by atoms with Gasteiger partial charge < -0.3 is 9.94 Å². The maximum Gasteiger partial charge on any atom is 0.119 e. The molecule has 1 aromatic rings. The summed E-state index contributed by atoms with van der Waals surface area (Å²) in [6, 6.07) is 7.77. The molecule has 2 N–H and O–H groups in total. The van der Waals surface area contributed by atoms with Crippen molar-refractivity contribution in [2.24, 2.45) is 0 Å². The normalized spacial score (nSPS) is 10.4. The van der Waals surface area contributed by atoms with E-state index in [1.165, 1.54) is 19.3 Å².